The summed E-state index contributed by atoms with van der Waals surface area (Å²) in [5, 5.41) is 5.75. The fraction of sp³-hybridized carbons (Fsp3) is 0.462. The van der Waals surface area contributed by atoms with Crippen LogP contribution >= 0.6 is 0 Å². The molecule has 1 saturated heterocycles. The smallest absolute Gasteiger partial charge is 0.255 e. The molecule has 0 spiro atoms. The third-order valence-electron chi connectivity index (χ3n) is 6.90. The number of likely N-dealkylation sites (N-methyl/N-ethyl adjacent to an activating group) is 1. The van der Waals surface area contributed by atoms with Crippen molar-refractivity contribution < 1.29 is 18.0 Å². The molecule has 2 amide bonds. The maximum atomic E-state index is 13.0. The van der Waals surface area contributed by atoms with Gasteiger partial charge in [0.1, 0.15) is 0 Å². The Bertz CT molecular complexity index is 1140. The number of benzene rings is 2. The van der Waals surface area contributed by atoms with Crippen LogP contribution in [0.4, 0.5) is 11.4 Å². The van der Waals surface area contributed by atoms with Crippen molar-refractivity contribution in [1.29, 1.82) is 0 Å². The summed E-state index contributed by atoms with van der Waals surface area (Å²) in [5.74, 6) is -0.285. The van der Waals surface area contributed by atoms with E-state index in [1.165, 1.54) is 22.9 Å². The fourth-order valence-corrected chi connectivity index (χ4v) is 6.12. The highest BCUT2D eigenvalue weighted by Crippen LogP contribution is 2.25. The molecule has 0 radical (unpaired) electrons. The molecule has 2 aromatic rings. The molecule has 1 aliphatic heterocycles. The molecule has 2 aromatic carbocycles. The second-order valence-electron chi connectivity index (χ2n) is 9.22. The number of amides is 2. The van der Waals surface area contributed by atoms with Crippen LogP contribution in [0.15, 0.2) is 53.4 Å². The highest BCUT2D eigenvalue weighted by atomic mass is 32.2. The average molecular weight is 499 g/mol. The molecule has 0 unspecified atom stereocenters. The Hall–Kier alpha value is -2.75. The lowest BCUT2D eigenvalue weighted by molar-refractivity contribution is -0.120. The van der Waals surface area contributed by atoms with Gasteiger partial charge in [0.05, 0.1) is 4.90 Å². The number of nitrogens with zero attached hydrogens (tertiary/aromatic N) is 2. The largest absolute Gasteiger partial charge is 0.326 e. The molecule has 8 nitrogen and oxygen atoms in total. The summed E-state index contributed by atoms with van der Waals surface area (Å²) in [4.78, 5) is 27.8. The third kappa shape index (κ3) is 6.28. The molecule has 4 rings (SSSR count). The number of rotatable bonds is 7. The molecule has 1 saturated carbocycles. The maximum absolute atomic E-state index is 13.0. The van der Waals surface area contributed by atoms with Crippen molar-refractivity contribution in [1.82, 2.24) is 9.21 Å². The van der Waals surface area contributed by atoms with Crippen molar-refractivity contribution in [2.45, 2.75) is 43.9 Å². The van der Waals surface area contributed by atoms with Gasteiger partial charge < -0.3 is 15.5 Å². The Morgan fingerprint density at radius 1 is 0.886 bits per heavy atom. The lowest BCUT2D eigenvalue weighted by atomic mass is 9.88. The van der Waals surface area contributed by atoms with Crippen LogP contribution in [0.25, 0.3) is 0 Å². The van der Waals surface area contributed by atoms with Gasteiger partial charge in [-0.25, -0.2) is 8.42 Å². The van der Waals surface area contributed by atoms with E-state index in [1.54, 1.807) is 36.4 Å². The van der Waals surface area contributed by atoms with E-state index in [4.69, 9.17) is 0 Å². The lowest BCUT2D eigenvalue weighted by Crippen LogP contribution is -2.48. The second kappa shape index (κ2) is 11.3. The number of carbonyl (C=O) groups is 2. The fourth-order valence-electron chi connectivity index (χ4n) is 4.70. The molecule has 1 heterocycles. The van der Waals surface area contributed by atoms with Crippen LogP contribution in [0.2, 0.25) is 0 Å². The normalized spacial score (nSPS) is 18.2. The van der Waals surface area contributed by atoms with Crippen LogP contribution in [-0.2, 0) is 14.8 Å². The van der Waals surface area contributed by atoms with Gasteiger partial charge in [0.25, 0.3) is 5.91 Å². The van der Waals surface area contributed by atoms with Gasteiger partial charge in [0.15, 0.2) is 0 Å². The number of sulfonamides is 1. The summed E-state index contributed by atoms with van der Waals surface area (Å²) in [6.07, 6.45) is 5.16. The number of piperazine rings is 1. The predicted octanol–water partition coefficient (Wildman–Crippen LogP) is 3.78. The molecule has 1 aliphatic carbocycles. The number of hydrogen-bond donors (Lipinski definition) is 2. The summed E-state index contributed by atoms with van der Waals surface area (Å²) in [6, 6.07) is 13.1. The van der Waals surface area contributed by atoms with Crippen LogP contribution in [0.5, 0.6) is 0 Å². The van der Waals surface area contributed by atoms with Gasteiger partial charge in [0.2, 0.25) is 15.9 Å². The Balaban J connectivity index is 1.37. The van der Waals surface area contributed by atoms with Crippen LogP contribution < -0.4 is 10.6 Å². The van der Waals surface area contributed by atoms with Gasteiger partial charge in [-0.05, 0) is 61.9 Å². The SMILES string of the molecule is CCN1CCN(S(=O)(=O)c2ccc(NC(=O)c3cccc(NC(=O)C4CCCCC4)c3)cc2)CC1. The van der Waals surface area contributed by atoms with Crippen molar-refractivity contribution in [3.05, 3.63) is 54.1 Å². The first-order valence-electron chi connectivity index (χ1n) is 12.4. The summed E-state index contributed by atoms with van der Waals surface area (Å²) in [6.45, 7) is 5.39. The van der Waals surface area contributed by atoms with Crippen molar-refractivity contribution in [2.75, 3.05) is 43.4 Å². The van der Waals surface area contributed by atoms with Gasteiger partial charge in [0, 0.05) is 49.0 Å². The molecular formula is C26H34N4O4S. The Labute approximate surface area is 207 Å². The minimum Gasteiger partial charge on any atom is -0.326 e. The van der Waals surface area contributed by atoms with E-state index in [-0.39, 0.29) is 22.6 Å². The first-order chi connectivity index (χ1) is 16.9. The van der Waals surface area contributed by atoms with E-state index >= 15 is 0 Å². The number of carbonyl (C=O) groups excluding carboxylic acids is 2. The molecule has 188 valence electrons. The van der Waals surface area contributed by atoms with E-state index in [0.717, 1.165) is 45.3 Å². The molecular weight excluding hydrogens is 464 g/mol. The van der Waals surface area contributed by atoms with E-state index in [9.17, 15) is 18.0 Å². The zero-order chi connectivity index (χ0) is 24.8. The highest BCUT2D eigenvalue weighted by Gasteiger charge is 2.28. The molecule has 0 aromatic heterocycles. The highest BCUT2D eigenvalue weighted by molar-refractivity contribution is 7.89. The zero-order valence-corrected chi connectivity index (χ0v) is 21.0. The zero-order valence-electron chi connectivity index (χ0n) is 20.2. The molecule has 2 fully saturated rings. The molecule has 9 heteroatoms. The number of anilines is 2. The van der Waals surface area contributed by atoms with Crippen LogP contribution in [0.3, 0.4) is 0 Å². The molecule has 35 heavy (non-hydrogen) atoms. The standard InChI is InChI=1S/C26H34N4O4S/c1-2-29-15-17-30(18-16-29)35(33,34)24-13-11-22(12-14-24)27-26(32)21-9-6-10-23(19-21)28-25(31)20-7-4-3-5-8-20/h6,9-14,19-20H,2-5,7-8,15-18H2,1H3,(H,27,32)(H,28,31). The van der Waals surface area contributed by atoms with Crippen LogP contribution in [0, 0.1) is 5.92 Å². The van der Waals surface area contributed by atoms with E-state index < -0.39 is 10.0 Å². The van der Waals surface area contributed by atoms with Crippen LogP contribution in [0.1, 0.15) is 49.4 Å². The average Bonchev–Trinajstić information content (AvgIpc) is 2.89. The Morgan fingerprint density at radius 2 is 1.57 bits per heavy atom. The summed E-state index contributed by atoms with van der Waals surface area (Å²) < 4.78 is 27.4. The lowest BCUT2D eigenvalue weighted by Gasteiger charge is -2.33. The van der Waals surface area contributed by atoms with Gasteiger partial charge in [-0.2, -0.15) is 4.31 Å². The van der Waals surface area contributed by atoms with Crippen molar-refractivity contribution in [3.8, 4) is 0 Å². The van der Waals surface area contributed by atoms with Crippen molar-refractivity contribution in [2.24, 2.45) is 5.92 Å². The van der Waals surface area contributed by atoms with Gasteiger partial charge in [-0.1, -0.05) is 32.3 Å². The van der Waals surface area contributed by atoms with Crippen LogP contribution in [-0.4, -0.2) is 62.2 Å². The van der Waals surface area contributed by atoms with Gasteiger partial charge in [-0.15, -0.1) is 0 Å². The summed E-state index contributed by atoms with van der Waals surface area (Å²) >= 11 is 0. The van der Waals surface area contributed by atoms with Gasteiger partial charge in [-0.3, -0.25) is 9.59 Å². The maximum Gasteiger partial charge on any atom is 0.255 e. The first-order valence-corrected chi connectivity index (χ1v) is 13.9. The summed E-state index contributed by atoms with van der Waals surface area (Å²) in [7, 11) is -3.56. The number of hydrogen-bond acceptors (Lipinski definition) is 5. The van der Waals surface area contributed by atoms with E-state index in [0.29, 0.717) is 30.0 Å². The van der Waals surface area contributed by atoms with Crippen molar-refractivity contribution in [3.63, 3.8) is 0 Å². The summed E-state index contributed by atoms with van der Waals surface area (Å²) in [5.41, 5.74) is 1.51. The quantitative estimate of drug-likeness (QED) is 0.605. The minimum atomic E-state index is -3.56. The molecule has 0 atom stereocenters. The monoisotopic (exact) mass is 498 g/mol. The van der Waals surface area contributed by atoms with E-state index in [2.05, 4.69) is 22.5 Å². The van der Waals surface area contributed by atoms with E-state index in [1.807, 2.05) is 0 Å². The first kappa shape index (κ1) is 25.3. The minimum absolute atomic E-state index is 0.00941. The third-order valence-corrected chi connectivity index (χ3v) is 8.81. The molecule has 2 N–H and O–H groups in total. The molecule has 2 aliphatic rings. The Kier molecular flexibility index (Phi) is 8.20. The van der Waals surface area contributed by atoms with Gasteiger partial charge >= 0.3 is 0 Å². The number of nitrogens with one attached hydrogen (secondary N) is 2. The van der Waals surface area contributed by atoms with Crippen molar-refractivity contribution >= 4 is 33.2 Å². The Morgan fingerprint density at radius 3 is 2.23 bits per heavy atom. The predicted molar refractivity (Wildman–Crippen MR) is 137 cm³/mol. The molecule has 0 bridgehead atoms. The second-order valence-corrected chi connectivity index (χ2v) is 11.2. The topological polar surface area (TPSA) is 98.8 Å².